The Labute approximate surface area is 71.9 Å². The highest BCUT2D eigenvalue weighted by atomic mass is 16.1. The van der Waals surface area contributed by atoms with Crippen LogP contribution < -0.4 is 5.32 Å². The third-order valence-corrected chi connectivity index (χ3v) is 1.02. The average molecular weight is 153 g/mol. The summed E-state index contributed by atoms with van der Waals surface area (Å²) in [5.41, 5.74) is -0.00907. The van der Waals surface area contributed by atoms with Crippen molar-refractivity contribution in [2.45, 2.75) is 13.4 Å². The molecule has 0 saturated heterocycles. The summed E-state index contributed by atoms with van der Waals surface area (Å²) in [6, 6.07) is 4.03. The van der Waals surface area contributed by atoms with E-state index in [1.54, 1.807) is 0 Å². The summed E-state index contributed by atoms with van der Waals surface area (Å²) in [5, 5.41) is 2.09. The van der Waals surface area contributed by atoms with Crippen LogP contribution in [0.2, 0.25) is 0 Å². The maximum absolute atomic E-state index is 10.8. The minimum Gasteiger partial charge on any atom is -0.352 e. The van der Waals surface area contributed by atoms with Gasteiger partial charge in [-0.3, -0.25) is 4.79 Å². The molecule has 0 saturated carbocycles. The molecule has 0 aromatic heterocycles. The van der Waals surface area contributed by atoms with Gasteiger partial charge in [0.25, 0.3) is 0 Å². The molecule has 0 aliphatic heterocycles. The van der Waals surface area contributed by atoms with Crippen LogP contribution in [-0.2, 0) is 11.3 Å². The summed E-state index contributed by atoms with van der Waals surface area (Å²) in [5.74, 6) is -0.519. The molecular formula is C9H11NO. The molecule has 1 rings (SSSR count). The van der Waals surface area contributed by atoms with Crippen LogP contribution in [-0.4, -0.2) is 5.91 Å². The minimum absolute atomic E-state index is 0.00907. The number of amides is 1. The Hall–Kier alpha value is -1.31. The maximum atomic E-state index is 10.8. The fourth-order valence-corrected chi connectivity index (χ4v) is 0.580. The van der Waals surface area contributed by atoms with Crippen LogP contribution in [0.25, 0.3) is 0 Å². The van der Waals surface area contributed by atoms with E-state index in [0.717, 1.165) is 0 Å². The second-order valence-corrected chi connectivity index (χ2v) is 2.01. The van der Waals surface area contributed by atoms with Crippen LogP contribution >= 0.6 is 0 Å². The zero-order valence-corrected chi connectivity index (χ0v) is 6.14. The number of carbonyl (C=O) groups is 1. The van der Waals surface area contributed by atoms with E-state index < -0.39 is 12.4 Å². The molecule has 0 aliphatic carbocycles. The molecule has 0 fully saturated rings. The number of nitrogens with one attached hydrogen (secondary N) is 1. The molecule has 11 heavy (non-hydrogen) atoms. The molecule has 2 nitrogen and oxygen atoms in total. The standard InChI is InChI=1S/C9H11NO/c1-8(11)10-7-9-5-3-2-4-6-9/h2-6H,7H2,1H3,(H,10,11)/i3D,6D,7D2. The first-order valence-electron chi connectivity index (χ1n) is 5.19. The summed E-state index contributed by atoms with van der Waals surface area (Å²) in [6.45, 7) is -0.911. The van der Waals surface area contributed by atoms with E-state index in [0.29, 0.717) is 0 Å². The highest BCUT2D eigenvalue weighted by Gasteiger charge is 1.91. The van der Waals surface area contributed by atoms with Crippen molar-refractivity contribution in [1.82, 2.24) is 5.32 Å². The van der Waals surface area contributed by atoms with Gasteiger partial charge in [-0.05, 0) is 5.56 Å². The topological polar surface area (TPSA) is 29.1 Å². The Balaban J connectivity index is 3.13. The second kappa shape index (κ2) is 3.76. The van der Waals surface area contributed by atoms with Crippen molar-refractivity contribution in [3.63, 3.8) is 0 Å². The molecule has 58 valence electrons. The first kappa shape index (κ1) is 3.90. The van der Waals surface area contributed by atoms with Gasteiger partial charge in [0.1, 0.15) is 0 Å². The normalized spacial score (nSPS) is 15.7. The molecule has 1 amide bonds. The van der Waals surface area contributed by atoms with Gasteiger partial charge in [0.15, 0.2) is 0 Å². The van der Waals surface area contributed by atoms with Gasteiger partial charge in [-0.15, -0.1) is 0 Å². The van der Waals surface area contributed by atoms with Crippen LogP contribution in [0.1, 0.15) is 18.0 Å². The molecule has 0 aliphatic rings. The third-order valence-electron chi connectivity index (χ3n) is 1.02. The lowest BCUT2D eigenvalue weighted by Crippen LogP contribution is -2.18. The van der Waals surface area contributed by atoms with Gasteiger partial charge in [-0.2, -0.15) is 0 Å². The van der Waals surface area contributed by atoms with Crippen LogP contribution in [0.4, 0.5) is 0 Å². The van der Waals surface area contributed by atoms with Gasteiger partial charge in [0.2, 0.25) is 5.91 Å². The monoisotopic (exact) mass is 153 g/mol. The highest BCUT2D eigenvalue weighted by molar-refractivity contribution is 5.72. The van der Waals surface area contributed by atoms with E-state index >= 15 is 0 Å². The second-order valence-electron chi connectivity index (χ2n) is 2.01. The maximum Gasteiger partial charge on any atom is 0.217 e. The molecule has 2 heteroatoms. The lowest BCUT2D eigenvalue weighted by Gasteiger charge is -2.00. The summed E-state index contributed by atoms with van der Waals surface area (Å²) in [7, 11) is 0. The number of hydrogen-bond donors (Lipinski definition) is 1. The number of rotatable bonds is 2. The molecule has 1 N–H and O–H groups in total. The Morgan fingerprint density at radius 1 is 1.82 bits per heavy atom. The van der Waals surface area contributed by atoms with E-state index in [1.165, 1.54) is 25.1 Å². The highest BCUT2D eigenvalue weighted by Crippen LogP contribution is 1.96. The van der Waals surface area contributed by atoms with Crippen molar-refractivity contribution in [2.75, 3.05) is 0 Å². The quantitative estimate of drug-likeness (QED) is 0.682. The van der Waals surface area contributed by atoms with Crippen molar-refractivity contribution in [3.05, 3.63) is 35.8 Å². The number of carbonyl (C=O) groups excluding carboxylic acids is 1. The summed E-state index contributed by atoms with van der Waals surface area (Å²) in [4.78, 5) is 10.8. The van der Waals surface area contributed by atoms with E-state index in [4.69, 9.17) is 5.48 Å². The fraction of sp³-hybridized carbons (Fsp3) is 0.222. The van der Waals surface area contributed by atoms with Crippen LogP contribution in [0.15, 0.2) is 30.3 Å². The molecule has 0 spiro atoms. The lowest BCUT2D eigenvalue weighted by molar-refractivity contribution is -0.119. The van der Waals surface area contributed by atoms with E-state index in [-0.39, 0.29) is 17.6 Å². The summed E-state index contributed by atoms with van der Waals surface area (Å²) < 4.78 is 30.0. The SMILES string of the molecule is [2H]c1ccc([2H])c(C([2H])([2H])NC(C)=O)c1. The van der Waals surface area contributed by atoms with Crippen molar-refractivity contribution < 1.29 is 10.3 Å². The molecule has 0 atom stereocenters. The van der Waals surface area contributed by atoms with Crippen LogP contribution in [0.3, 0.4) is 0 Å². The minimum atomic E-state index is -2.11. The van der Waals surface area contributed by atoms with Gasteiger partial charge in [0, 0.05) is 13.4 Å². The molecule has 0 radical (unpaired) electrons. The molecule has 1 aromatic carbocycles. The van der Waals surface area contributed by atoms with Gasteiger partial charge in [0.05, 0.1) is 5.48 Å². The van der Waals surface area contributed by atoms with Crippen molar-refractivity contribution >= 4 is 5.91 Å². The first-order chi connectivity index (χ1) is 6.83. The van der Waals surface area contributed by atoms with Gasteiger partial charge >= 0.3 is 0 Å². The van der Waals surface area contributed by atoms with Gasteiger partial charge < -0.3 is 5.32 Å². The fourth-order valence-electron chi connectivity index (χ4n) is 0.580. The van der Waals surface area contributed by atoms with Crippen molar-refractivity contribution in [3.8, 4) is 0 Å². The van der Waals surface area contributed by atoms with Gasteiger partial charge in [-0.25, -0.2) is 0 Å². The van der Waals surface area contributed by atoms with Crippen molar-refractivity contribution in [1.29, 1.82) is 0 Å². The Kier molecular flexibility index (Phi) is 1.33. The zero-order valence-electron chi connectivity index (χ0n) is 10.1. The van der Waals surface area contributed by atoms with Crippen LogP contribution in [0, 0.1) is 0 Å². The van der Waals surface area contributed by atoms with Gasteiger partial charge in [-0.1, -0.05) is 30.3 Å². The average Bonchev–Trinajstić information content (AvgIpc) is 2.06. The first-order valence-corrected chi connectivity index (χ1v) is 3.19. The third kappa shape index (κ3) is 2.85. The molecule has 0 bridgehead atoms. The zero-order chi connectivity index (χ0) is 11.6. The summed E-state index contributed by atoms with van der Waals surface area (Å²) >= 11 is 0. The Morgan fingerprint density at radius 2 is 2.64 bits per heavy atom. The lowest BCUT2D eigenvalue weighted by atomic mass is 10.2. The molecule has 1 aromatic rings. The van der Waals surface area contributed by atoms with E-state index in [2.05, 4.69) is 5.32 Å². The van der Waals surface area contributed by atoms with E-state index in [9.17, 15) is 4.79 Å². The smallest absolute Gasteiger partial charge is 0.217 e. The summed E-state index contributed by atoms with van der Waals surface area (Å²) in [6.07, 6.45) is 0. The molecule has 0 unspecified atom stereocenters. The van der Waals surface area contributed by atoms with Crippen LogP contribution in [0.5, 0.6) is 0 Å². The number of benzene rings is 1. The molecular weight excluding hydrogens is 138 g/mol. The predicted molar refractivity (Wildman–Crippen MR) is 44.0 cm³/mol. The molecule has 0 heterocycles. The van der Waals surface area contributed by atoms with E-state index in [1.807, 2.05) is 0 Å². The van der Waals surface area contributed by atoms with Crippen molar-refractivity contribution in [2.24, 2.45) is 0 Å². The predicted octanol–water partition coefficient (Wildman–Crippen LogP) is 1.32. The Morgan fingerprint density at radius 3 is 3.36 bits per heavy atom. The Bertz CT molecular complexity index is 392. The largest absolute Gasteiger partial charge is 0.352 e. The number of hydrogen-bond acceptors (Lipinski definition) is 1.